The first kappa shape index (κ1) is 14.7. The number of hydrogen-bond donors (Lipinski definition) is 1. The van der Waals surface area contributed by atoms with E-state index in [1.807, 2.05) is 24.9 Å². The van der Waals surface area contributed by atoms with Crippen molar-refractivity contribution in [3.05, 3.63) is 46.5 Å². The van der Waals surface area contributed by atoms with Crippen molar-refractivity contribution in [2.24, 2.45) is 7.05 Å². The number of nitrogens with zero attached hydrogens (tertiary/aromatic N) is 3. The summed E-state index contributed by atoms with van der Waals surface area (Å²) >= 11 is 0. The molecule has 0 radical (unpaired) electrons. The molecule has 1 unspecified atom stereocenters. The number of aryl methyl sites for hydroxylation is 4. The van der Waals surface area contributed by atoms with Crippen LogP contribution in [0, 0.1) is 20.8 Å². The molecule has 4 heteroatoms. The summed E-state index contributed by atoms with van der Waals surface area (Å²) in [4.78, 5) is 4.57. The second-order valence-corrected chi connectivity index (χ2v) is 5.53. The fraction of sp³-hybridized carbons (Fsp3) is 0.500. The van der Waals surface area contributed by atoms with Crippen molar-refractivity contribution in [3.63, 3.8) is 0 Å². The third kappa shape index (κ3) is 3.45. The van der Waals surface area contributed by atoms with Gasteiger partial charge in [0.2, 0.25) is 0 Å². The van der Waals surface area contributed by atoms with E-state index in [1.165, 1.54) is 16.7 Å². The highest BCUT2D eigenvalue weighted by atomic mass is 15.2. The molecule has 0 aromatic carbocycles. The van der Waals surface area contributed by atoms with Gasteiger partial charge >= 0.3 is 0 Å². The van der Waals surface area contributed by atoms with Gasteiger partial charge in [-0.05, 0) is 63.4 Å². The Bertz CT molecular complexity index is 563. The largest absolute Gasteiger partial charge is 0.310 e. The van der Waals surface area contributed by atoms with Crippen molar-refractivity contribution in [2.45, 2.75) is 40.2 Å². The molecule has 1 atom stereocenters. The van der Waals surface area contributed by atoms with Gasteiger partial charge in [-0.25, -0.2) is 0 Å². The molecule has 1 N–H and O–H groups in total. The first-order chi connectivity index (χ1) is 9.47. The van der Waals surface area contributed by atoms with Crippen LogP contribution in [0.15, 0.2) is 18.5 Å². The van der Waals surface area contributed by atoms with Crippen LogP contribution in [0.2, 0.25) is 0 Å². The highest BCUT2D eigenvalue weighted by molar-refractivity contribution is 5.33. The lowest BCUT2D eigenvalue weighted by Gasteiger charge is -2.19. The van der Waals surface area contributed by atoms with Crippen LogP contribution in [0.3, 0.4) is 0 Å². The van der Waals surface area contributed by atoms with Gasteiger partial charge in [0.15, 0.2) is 0 Å². The molecule has 0 saturated heterocycles. The Hall–Kier alpha value is -1.68. The van der Waals surface area contributed by atoms with Crippen LogP contribution in [-0.4, -0.2) is 21.3 Å². The predicted molar refractivity (Wildman–Crippen MR) is 81.8 cm³/mol. The third-order valence-electron chi connectivity index (χ3n) is 3.64. The summed E-state index contributed by atoms with van der Waals surface area (Å²) in [5.74, 6) is 0. The molecule has 4 nitrogen and oxygen atoms in total. The van der Waals surface area contributed by atoms with Crippen LogP contribution in [-0.2, 0) is 13.5 Å². The molecule has 0 saturated carbocycles. The molecule has 0 spiro atoms. The molecule has 108 valence electrons. The molecule has 0 aliphatic heterocycles. The molecular weight excluding hydrogens is 248 g/mol. The molecular formula is C16H24N4. The van der Waals surface area contributed by atoms with Crippen LogP contribution in [0.5, 0.6) is 0 Å². The van der Waals surface area contributed by atoms with Crippen molar-refractivity contribution in [1.82, 2.24) is 20.1 Å². The number of pyridine rings is 1. The first-order valence-electron chi connectivity index (χ1n) is 7.13. The topological polar surface area (TPSA) is 42.7 Å². The second-order valence-electron chi connectivity index (χ2n) is 5.53. The molecule has 2 rings (SSSR count). The van der Waals surface area contributed by atoms with E-state index < -0.39 is 0 Å². The standard InChI is InChI=1S/C16H24N4/c1-11-8-12(2)19-14(4)16(11)13(3)17-7-6-15-9-18-20(5)10-15/h8-10,13,17H,6-7H2,1-5H3. The summed E-state index contributed by atoms with van der Waals surface area (Å²) in [7, 11) is 1.95. The van der Waals surface area contributed by atoms with Gasteiger partial charge < -0.3 is 5.32 Å². The Morgan fingerprint density at radius 1 is 1.30 bits per heavy atom. The van der Waals surface area contributed by atoms with E-state index in [-0.39, 0.29) is 0 Å². The van der Waals surface area contributed by atoms with E-state index in [1.54, 1.807) is 0 Å². The number of aromatic nitrogens is 3. The molecule has 0 aliphatic carbocycles. The van der Waals surface area contributed by atoms with Gasteiger partial charge in [-0.15, -0.1) is 0 Å². The Labute approximate surface area is 121 Å². The minimum Gasteiger partial charge on any atom is -0.310 e. The molecule has 2 aromatic rings. The molecule has 0 aliphatic rings. The van der Waals surface area contributed by atoms with Crippen LogP contribution < -0.4 is 5.32 Å². The average Bonchev–Trinajstić information content (AvgIpc) is 2.73. The van der Waals surface area contributed by atoms with Gasteiger partial charge in [0.1, 0.15) is 0 Å². The van der Waals surface area contributed by atoms with Crippen molar-refractivity contribution < 1.29 is 0 Å². The lowest BCUT2D eigenvalue weighted by Crippen LogP contribution is -2.23. The van der Waals surface area contributed by atoms with Crippen LogP contribution in [0.25, 0.3) is 0 Å². The zero-order valence-electron chi connectivity index (χ0n) is 13.1. The lowest BCUT2D eigenvalue weighted by atomic mass is 10.0. The van der Waals surface area contributed by atoms with Crippen LogP contribution in [0.1, 0.15) is 41.0 Å². The number of nitrogens with one attached hydrogen (secondary N) is 1. The summed E-state index contributed by atoms with van der Waals surface area (Å²) < 4.78 is 1.84. The third-order valence-corrected chi connectivity index (χ3v) is 3.64. The molecule has 2 heterocycles. The Morgan fingerprint density at radius 2 is 2.05 bits per heavy atom. The summed E-state index contributed by atoms with van der Waals surface area (Å²) in [5.41, 5.74) is 6.12. The van der Waals surface area contributed by atoms with Crippen LogP contribution in [0.4, 0.5) is 0 Å². The van der Waals surface area contributed by atoms with E-state index >= 15 is 0 Å². The van der Waals surface area contributed by atoms with E-state index in [0.29, 0.717) is 6.04 Å². The zero-order chi connectivity index (χ0) is 14.7. The first-order valence-corrected chi connectivity index (χ1v) is 7.13. The lowest BCUT2D eigenvalue weighted by molar-refractivity contribution is 0.569. The minimum absolute atomic E-state index is 0.319. The quantitative estimate of drug-likeness (QED) is 0.910. The van der Waals surface area contributed by atoms with E-state index in [2.05, 4.69) is 48.4 Å². The minimum atomic E-state index is 0.319. The van der Waals surface area contributed by atoms with Gasteiger partial charge in [-0.1, -0.05) is 0 Å². The summed E-state index contributed by atoms with van der Waals surface area (Å²) in [5, 5.41) is 7.77. The van der Waals surface area contributed by atoms with Crippen molar-refractivity contribution in [3.8, 4) is 0 Å². The van der Waals surface area contributed by atoms with E-state index in [9.17, 15) is 0 Å². The highest BCUT2D eigenvalue weighted by Gasteiger charge is 2.12. The molecule has 0 fully saturated rings. The van der Waals surface area contributed by atoms with Gasteiger partial charge in [0.05, 0.1) is 6.20 Å². The Balaban J connectivity index is 1.96. The summed E-state index contributed by atoms with van der Waals surface area (Å²) in [6, 6.07) is 2.47. The highest BCUT2D eigenvalue weighted by Crippen LogP contribution is 2.21. The Morgan fingerprint density at radius 3 is 2.65 bits per heavy atom. The second kappa shape index (κ2) is 6.18. The SMILES string of the molecule is Cc1cc(C)c(C(C)NCCc2cnn(C)c2)c(C)n1. The van der Waals surface area contributed by atoms with E-state index in [0.717, 1.165) is 24.4 Å². The molecule has 0 amide bonds. The van der Waals surface area contributed by atoms with Gasteiger partial charge in [0.25, 0.3) is 0 Å². The van der Waals surface area contributed by atoms with Crippen molar-refractivity contribution >= 4 is 0 Å². The predicted octanol–water partition coefficient (Wildman–Crippen LogP) is 2.63. The fourth-order valence-electron chi connectivity index (χ4n) is 2.82. The van der Waals surface area contributed by atoms with Gasteiger partial charge in [-0.3, -0.25) is 9.67 Å². The monoisotopic (exact) mass is 272 g/mol. The molecule has 0 bridgehead atoms. The van der Waals surface area contributed by atoms with E-state index in [4.69, 9.17) is 0 Å². The normalized spacial score (nSPS) is 12.7. The summed E-state index contributed by atoms with van der Waals surface area (Å²) in [6.07, 6.45) is 4.99. The molecule has 20 heavy (non-hydrogen) atoms. The van der Waals surface area contributed by atoms with Crippen molar-refractivity contribution in [1.29, 1.82) is 0 Å². The van der Waals surface area contributed by atoms with Crippen molar-refractivity contribution in [2.75, 3.05) is 6.54 Å². The molecule has 2 aromatic heterocycles. The maximum absolute atomic E-state index is 4.57. The summed E-state index contributed by atoms with van der Waals surface area (Å²) in [6.45, 7) is 9.45. The Kier molecular flexibility index (Phi) is 4.55. The average molecular weight is 272 g/mol. The van der Waals surface area contributed by atoms with Crippen LogP contribution >= 0.6 is 0 Å². The maximum atomic E-state index is 4.57. The fourth-order valence-corrected chi connectivity index (χ4v) is 2.82. The zero-order valence-corrected chi connectivity index (χ0v) is 13.1. The number of hydrogen-bond acceptors (Lipinski definition) is 3. The maximum Gasteiger partial charge on any atom is 0.0522 e. The van der Waals surface area contributed by atoms with Gasteiger partial charge in [-0.2, -0.15) is 5.10 Å². The van der Waals surface area contributed by atoms with Gasteiger partial charge in [0, 0.05) is 30.7 Å². The number of rotatable bonds is 5. The smallest absolute Gasteiger partial charge is 0.0522 e.